The molecule has 1 aromatic rings. The van der Waals surface area contributed by atoms with Crippen molar-refractivity contribution >= 4 is 15.9 Å². The largest absolute Gasteiger partial charge is 0.339 e. The van der Waals surface area contributed by atoms with Gasteiger partial charge in [0.25, 0.3) is 0 Å². The van der Waals surface area contributed by atoms with Crippen LogP contribution in [0.25, 0.3) is 0 Å². The third-order valence-corrected chi connectivity index (χ3v) is 6.53. The Hall–Kier alpha value is -1.40. The Labute approximate surface area is 158 Å². The van der Waals surface area contributed by atoms with Gasteiger partial charge in [0.05, 0.1) is 10.9 Å². The van der Waals surface area contributed by atoms with E-state index in [1.54, 1.807) is 19.1 Å². The summed E-state index contributed by atoms with van der Waals surface area (Å²) < 4.78 is 27.8. The Bertz CT molecular complexity index is 692. The molecule has 0 saturated heterocycles. The molecule has 1 N–H and O–H groups in total. The third kappa shape index (κ3) is 5.30. The number of rotatable bonds is 8. The fourth-order valence-corrected chi connectivity index (χ4v) is 4.88. The predicted octanol–water partition coefficient (Wildman–Crippen LogP) is 3.34. The quantitative estimate of drug-likeness (QED) is 0.752. The molecule has 0 radical (unpaired) electrons. The molecule has 1 unspecified atom stereocenters. The first-order chi connectivity index (χ1) is 12.2. The number of amides is 1. The van der Waals surface area contributed by atoms with E-state index >= 15 is 0 Å². The molecular formula is C20H32N2O3S. The summed E-state index contributed by atoms with van der Waals surface area (Å²) in [4.78, 5) is 14.8. The number of likely N-dealkylation sites (N-methyl/N-ethyl adjacent to an activating group) is 1. The fraction of sp³-hybridized carbons (Fsp3) is 0.650. The number of nitrogens with one attached hydrogen (secondary N) is 1. The lowest BCUT2D eigenvalue weighted by molar-refractivity contribution is -0.134. The lowest BCUT2D eigenvalue weighted by Crippen LogP contribution is -2.49. The third-order valence-electron chi connectivity index (χ3n) is 4.97. The second-order valence-electron chi connectivity index (χ2n) is 7.65. The van der Waals surface area contributed by atoms with Crippen LogP contribution >= 0.6 is 0 Å². The van der Waals surface area contributed by atoms with Gasteiger partial charge in [0.15, 0.2) is 0 Å². The second-order valence-corrected chi connectivity index (χ2v) is 9.36. The molecule has 1 amide bonds. The van der Waals surface area contributed by atoms with Crippen molar-refractivity contribution in [2.24, 2.45) is 5.92 Å². The van der Waals surface area contributed by atoms with Gasteiger partial charge in [-0.25, -0.2) is 8.42 Å². The average molecular weight is 381 g/mol. The summed E-state index contributed by atoms with van der Waals surface area (Å²) in [5.41, 5.74) is 1.11. The topological polar surface area (TPSA) is 66.5 Å². The summed E-state index contributed by atoms with van der Waals surface area (Å²) in [5.74, 6) is 0.378. The van der Waals surface area contributed by atoms with E-state index in [4.69, 9.17) is 0 Å². The first kappa shape index (κ1) is 20.9. The van der Waals surface area contributed by atoms with Gasteiger partial charge >= 0.3 is 0 Å². The molecule has 0 aromatic heterocycles. The maximum atomic E-state index is 12.7. The van der Waals surface area contributed by atoms with Gasteiger partial charge in [-0.1, -0.05) is 38.8 Å². The van der Waals surface area contributed by atoms with Crippen molar-refractivity contribution in [3.63, 3.8) is 0 Å². The van der Waals surface area contributed by atoms with Crippen LogP contribution in [0, 0.1) is 5.92 Å². The van der Waals surface area contributed by atoms with E-state index < -0.39 is 16.1 Å². The van der Waals surface area contributed by atoms with Crippen LogP contribution in [0.2, 0.25) is 0 Å². The molecule has 5 nitrogen and oxygen atoms in total. The first-order valence-electron chi connectivity index (χ1n) is 9.66. The van der Waals surface area contributed by atoms with Crippen LogP contribution < -0.4 is 4.72 Å². The van der Waals surface area contributed by atoms with Crippen LogP contribution in [-0.2, 0) is 21.2 Å². The molecule has 1 aliphatic carbocycles. The van der Waals surface area contributed by atoms with Crippen molar-refractivity contribution in [3.05, 3.63) is 29.8 Å². The van der Waals surface area contributed by atoms with E-state index in [2.05, 4.69) is 18.6 Å². The minimum absolute atomic E-state index is 0.139. The molecule has 1 saturated carbocycles. The predicted molar refractivity (Wildman–Crippen MR) is 104 cm³/mol. The lowest BCUT2D eigenvalue weighted by atomic mass is 10.0. The minimum atomic E-state index is -3.71. The molecule has 6 heteroatoms. The molecule has 146 valence electrons. The standard InChI is InChI=1S/C20H32N2O3S/c1-5-22(18-8-6-7-9-18)20(23)16(4)21-26(24,25)19-12-10-17(11-13-19)14-15(2)3/h10-13,15-16,18,21H,5-9,14H2,1-4H3. The number of hydrogen-bond acceptors (Lipinski definition) is 3. The summed E-state index contributed by atoms with van der Waals surface area (Å²) in [7, 11) is -3.71. The van der Waals surface area contributed by atoms with Gasteiger partial charge in [-0.2, -0.15) is 4.72 Å². The molecule has 1 aliphatic rings. The Morgan fingerprint density at radius 2 is 1.73 bits per heavy atom. The molecule has 1 aromatic carbocycles. The van der Waals surface area contributed by atoms with Crippen molar-refractivity contribution in [1.29, 1.82) is 0 Å². The zero-order chi connectivity index (χ0) is 19.3. The molecule has 0 spiro atoms. The van der Waals surface area contributed by atoms with Gasteiger partial charge in [0.1, 0.15) is 0 Å². The maximum absolute atomic E-state index is 12.7. The summed E-state index contributed by atoms with van der Waals surface area (Å²) in [5, 5.41) is 0. The Morgan fingerprint density at radius 1 is 1.15 bits per heavy atom. The SMILES string of the molecule is CCN(C(=O)C(C)NS(=O)(=O)c1ccc(CC(C)C)cc1)C1CCCC1. The van der Waals surface area contributed by atoms with Gasteiger partial charge in [-0.3, -0.25) is 4.79 Å². The molecule has 2 rings (SSSR count). The monoisotopic (exact) mass is 380 g/mol. The Morgan fingerprint density at radius 3 is 2.23 bits per heavy atom. The summed E-state index contributed by atoms with van der Waals surface area (Å²) >= 11 is 0. The van der Waals surface area contributed by atoms with Crippen molar-refractivity contribution in [1.82, 2.24) is 9.62 Å². The number of carbonyl (C=O) groups is 1. The van der Waals surface area contributed by atoms with E-state index in [0.29, 0.717) is 12.5 Å². The molecule has 1 atom stereocenters. The van der Waals surface area contributed by atoms with Crippen molar-refractivity contribution < 1.29 is 13.2 Å². The van der Waals surface area contributed by atoms with E-state index in [0.717, 1.165) is 37.7 Å². The molecule has 0 bridgehead atoms. The Kier molecular flexibility index (Phi) is 7.24. The van der Waals surface area contributed by atoms with Gasteiger partial charge < -0.3 is 4.90 Å². The van der Waals surface area contributed by atoms with E-state index in [1.807, 2.05) is 24.0 Å². The average Bonchev–Trinajstić information content (AvgIpc) is 3.09. The zero-order valence-corrected chi connectivity index (χ0v) is 17.2. The summed E-state index contributed by atoms with van der Waals surface area (Å²) in [6.07, 6.45) is 5.21. The maximum Gasteiger partial charge on any atom is 0.241 e. The van der Waals surface area contributed by atoms with E-state index in [1.165, 1.54) is 0 Å². The fourth-order valence-electron chi connectivity index (χ4n) is 3.69. The summed E-state index contributed by atoms with van der Waals surface area (Å²) in [6, 6.07) is 6.40. The normalized spacial score (nSPS) is 16.8. The number of carbonyl (C=O) groups excluding carboxylic acids is 1. The number of nitrogens with zero attached hydrogens (tertiary/aromatic N) is 1. The molecule has 0 heterocycles. The highest BCUT2D eigenvalue weighted by Crippen LogP contribution is 2.24. The van der Waals surface area contributed by atoms with Crippen LogP contribution in [0.1, 0.15) is 58.9 Å². The van der Waals surface area contributed by atoms with Crippen LogP contribution in [0.15, 0.2) is 29.2 Å². The minimum Gasteiger partial charge on any atom is -0.339 e. The summed E-state index contributed by atoms with van der Waals surface area (Å²) in [6.45, 7) is 8.45. The van der Waals surface area contributed by atoms with Crippen LogP contribution in [0.5, 0.6) is 0 Å². The molecule has 26 heavy (non-hydrogen) atoms. The van der Waals surface area contributed by atoms with Gasteiger partial charge in [0.2, 0.25) is 15.9 Å². The number of hydrogen-bond donors (Lipinski definition) is 1. The van der Waals surface area contributed by atoms with Crippen LogP contribution in [0.3, 0.4) is 0 Å². The lowest BCUT2D eigenvalue weighted by Gasteiger charge is -2.30. The molecule has 0 aliphatic heterocycles. The number of benzene rings is 1. The zero-order valence-electron chi connectivity index (χ0n) is 16.4. The molecule has 1 fully saturated rings. The highest BCUT2D eigenvalue weighted by atomic mass is 32.2. The van der Waals surface area contributed by atoms with Gasteiger partial charge in [-0.15, -0.1) is 0 Å². The smallest absolute Gasteiger partial charge is 0.241 e. The first-order valence-corrected chi connectivity index (χ1v) is 11.1. The van der Waals surface area contributed by atoms with Gasteiger partial charge in [-0.05, 0) is 56.7 Å². The van der Waals surface area contributed by atoms with Crippen molar-refractivity contribution in [2.75, 3.05) is 6.54 Å². The highest BCUT2D eigenvalue weighted by molar-refractivity contribution is 7.89. The van der Waals surface area contributed by atoms with Crippen LogP contribution in [-0.4, -0.2) is 37.9 Å². The molecular weight excluding hydrogens is 348 g/mol. The van der Waals surface area contributed by atoms with Gasteiger partial charge in [0, 0.05) is 12.6 Å². The van der Waals surface area contributed by atoms with Crippen LogP contribution in [0.4, 0.5) is 0 Å². The highest BCUT2D eigenvalue weighted by Gasteiger charge is 2.30. The number of sulfonamides is 1. The van der Waals surface area contributed by atoms with E-state index in [9.17, 15) is 13.2 Å². The van der Waals surface area contributed by atoms with E-state index in [-0.39, 0.29) is 16.8 Å². The van der Waals surface area contributed by atoms with Crippen molar-refractivity contribution in [3.8, 4) is 0 Å². The Balaban J connectivity index is 2.05. The van der Waals surface area contributed by atoms with Crippen molar-refractivity contribution in [2.45, 2.75) is 76.8 Å². The second kappa shape index (κ2) is 9.00.